The second kappa shape index (κ2) is 4.12. The molecule has 2 aromatic rings. The maximum Gasteiger partial charge on any atom is 0.328 e. The molecule has 4 rings (SSSR count). The second-order valence-electron chi connectivity index (χ2n) is 5.80. The molecule has 0 spiro atoms. The third-order valence-corrected chi connectivity index (χ3v) is 4.33. The fourth-order valence-electron chi connectivity index (χ4n) is 3.10. The van der Waals surface area contributed by atoms with Gasteiger partial charge in [-0.15, -0.1) is 0 Å². The average molecular weight is 254 g/mol. The fourth-order valence-corrected chi connectivity index (χ4v) is 3.10. The first kappa shape index (κ1) is 11.1. The van der Waals surface area contributed by atoms with Crippen LogP contribution in [0.2, 0.25) is 0 Å². The molecule has 0 bridgehead atoms. The molecule has 1 aromatic heterocycles. The van der Waals surface area contributed by atoms with Crippen LogP contribution < -0.4 is 5.69 Å². The van der Waals surface area contributed by atoms with E-state index in [1.807, 2.05) is 21.5 Å². The van der Waals surface area contributed by atoms with E-state index in [2.05, 4.69) is 18.2 Å². The zero-order chi connectivity index (χ0) is 12.8. The minimum absolute atomic E-state index is 0.142. The number of hydrogen-bond acceptors (Lipinski definition) is 1. The van der Waals surface area contributed by atoms with Gasteiger partial charge in [0.05, 0.1) is 6.54 Å². The summed E-state index contributed by atoms with van der Waals surface area (Å²) in [5.41, 5.74) is 4.36. The summed E-state index contributed by atoms with van der Waals surface area (Å²) in [7, 11) is 0. The summed E-state index contributed by atoms with van der Waals surface area (Å²) in [6, 6.07) is 7.16. The summed E-state index contributed by atoms with van der Waals surface area (Å²) in [4.78, 5) is 12.2. The molecular weight excluding hydrogens is 236 g/mol. The molecule has 0 saturated heterocycles. The number of rotatable bonds is 3. The van der Waals surface area contributed by atoms with E-state index in [9.17, 15) is 4.79 Å². The lowest BCUT2D eigenvalue weighted by atomic mass is 10.1. The zero-order valence-corrected chi connectivity index (χ0v) is 11.0. The summed E-state index contributed by atoms with van der Waals surface area (Å²) in [5, 5.41) is 0. The molecule has 0 atom stereocenters. The van der Waals surface area contributed by atoms with Gasteiger partial charge in [0.1, 0.15) is 0 Å². The second-order valence-corrected chi connectivity index (χ2v) is 5.80. The summed E-state index contributed by atoms with van der Waals surface area (Å²) in [6.45, 7) is 0.700. The van der Waals surface area contributed by atoms with Crippen molar-refractivity contribution in [3.63, 3.8) is 0 Å². The van der Waals surface area contributed by atoms with Crippen molar-refractivity contribution in [1.82, 2.24) is 9.13 Å². The van der Waals surface area contributed by atoms with Crippen molar-refractivity contribution < 1.29 is 0 Å². The Hall–Kier alpha value is -1.77. The topological polar surface area (TPSA) is 26.9 Å². The molecule has 19 heavy (non-hydrogen) atoms. The van der Waals surface area contributed by atoms with Crippen molar-refractivity contribution in [3.05, 3.63) is 57.8 Å². The average Bonchev–Trinajstić information content (AvgIpc) is 3.04. The lowest BCUT2D eigenvalue weighted by Gasteiger charge is -2.05. The molecule has 1 fully saturated rings. The Morgan fingerprint density at radius 2 is 1.95 bits per heavy atom. The first-order valence-electron chi connectivity index (χ1n) is 7.19. The molecular formula is C16H18N2O. The highest BCUT2D eigenvalue weighted by Crippen LogP contribution is 2.33. The molecule has 1 saturated carbocycles. The van der Waals surface area contributed by atoms with E-state index in [1.165, 1.54) is 36.0 Å². The summed E-state index contributed by atoms with van der Waals surface area (Å²) in [5.74, 6) is 0. The lowest BCUT2D eigenvalue weighted by molar-refractivity contribution is 0.656. The van der Waals surface area contributed by atoms with E-state index in [-0.39, 0.29) is 5.69 Å². The molecule has 3 heteroatoms. The van der Waals surface area contributed by atoms with E-state index in [1.54, 1.807) is 0 Å². The van der Waals surface area contributed by atoms with Gasteiger partial charge in [-0.05, 0) is 48.8 Å². The number of fused-ring (bicyclic) bond motifs is 1. The summed E-state index contributed by atoms with van der Waals surface area (Å²) >= 11 is 0. The quantitative estimate of drug-likeness (QED) is 0.827. The third kappa shape index (κ3) is 1.93. The van der Waals surface area contributed by atoms with Gasteiger partial charge >= 0.3 is 5.69 Å². The SMILES string of the molecule is O=c1n(Cc2ccc3c(c2)CCC3)ccn1C1CC1. The number of nitrogens with zero attached hydrogens (tertiary/aromatic N) is 2. The molecule has 0 amide bonds. The first-order chi connectivity index (χ1) is 9.31. The van der Waals surface area contributed by atoms with Crippen LogP contribution in [0.3, 0.4) is 0 Å². The highest BCUT2D eigenvalue weighted by molar-refractivity contribution is 5.35. The molecule has 98 valence electrons. The minimum Gasteiger partial charge on any atom is -0.296 e. The van der Waals surface area contributed by atoms with Crippen molar-refractivity contribution >= 4 is 0 Å². The van der Waals surface area contributed by atoms with Gasteiger partial charge in [0, 0.05) is 18.4 Å². The van der Waals surface area contributed by atoms with Crippen molar-refractivity contribution in [2.45, 2.75) is 44.7 Å². The van der Waals surface area contributed by atoms with Gasteiger partial charge in [0.25, 0.3) is 0 Å². The Bertz CT molecular complexity index is 676. The molecule has 3 nitrogen and oxygen atoms in total. The Labute approximate surface area is 112 Å². The Kier molecular flexibility index (Phi) is 2.40. The zero-order valence-electron chi connectivity index (χ0n) is 11.0. The number of hydrogen-bond donors (Lipinski definition) is 0. The number of aromatic nitrogens is 2. The van der Waals surface area contributed by atoms with Gasteiger partial charge in [-0.3, -0.25) is 9.13 Å². The van der Waals surface area contributed by atoms with Gasteiger partial charge in [-0.25, -0.2) is 4.79 Å². The van der Waals surface area contributed by atoms with Gasteiger partial charge in [0.2, 0.25) is 0 Å². The lowest BCUT2D eigenvalue weighted by Crippen LogP contribution is -2.23. The molecule has 2 aliphatic rings. The van der Waals surface area contributed by atoms with Crippen LogP contribution in [0.25, 0.3) is 0 Å². The molecule has 0 N–H and O–H groups in total. The molecule has 0 aliphatic heterocycles. The molecule has 0 radical (unpaired) electrons. The Morgan fingerprint density at radius 3 is 2.79 bits per heavy atom. The number of imidazole rings is 1. The molecule has 0 unspecified atom stereocenters. The van der Waals surface area contributed by atoms with Gasteiger partial charge in [-0.1, -0.05) is 18.2 Å². The van der Waals surface area contributed by atoms with Crippen LogP contribution in [0.1, 0.15) is 42.0 Å². The highest BCUT2D eigenvalue weighted by atomic mass is 16.1. The normalized spacial score (nSPS) is 17.7. The van der Waals surface area contributed by atoms with E-state index < -0.39 is 0 Å². The Balaban J connectivity index is 1.62. The van der Waals surface area contributed by atoms with Crippen molar-refractivity contribution in [2.75, 3.05) is 0 Å². The van der Waals surface area contributed by atoms with Gasteiger partial charge in [0.15, 0.2) is 0 Å². The van der Waals surface area contributed by atoms with Crippen LogP contribution in [0.15, 0.2) is 35.4 Å². The predicted molar refractivity (Wildman–Crippen MR) is 74.5 cm³/mol. The van der Waals surface area contributed by atoms with Crippen molar-refractivity contribution in [1.29, 1.82) is 0 Å². The highest BCUT2D eigenvalue weighted by Gasteiger charge is 2.25. The van der Waals surface area contributed by atoms with E-state index in [0.717, 1.165) is 12.8 Å². The van der Waals surface area contributed by atoms with Crippen LogP contribution >= 0.6 is 0 Å². The van der Waals surface area contributed by atoms with E-state index in [4.69, 9.17) is 0 Å². The van der Waals surface area contributed by atoms with Crippen molar-refractivity contribution in [2.24, 2.45) is 0 Å². The number of aryl methyl sites for hydroxylation is 2. The van der Waals surface area contributed by atoms with Crippen LogP contribution in [-0.4, -0.2) is 9.13 Å². The number of benzene rings is 1. The summed E-state index contributed by atoms with van der Waals surface area (Å²) < 4.78 is 3.71. The van der Waals surface area contributed by atoms with Gasteiger partial charge in [-0.2, -0.15) is 0 Å². The maximum absolute atomic E-state index is 12.2. The van der Waals surface area contributed by atoms with E-state index in [0.29, 0.717) is 12.6 Å². The van der Waals surface area contributed by atoms with Crippen LogP contribution in [0.4, 0.5) is 0 Å². The smallest absolute Gasteiger partial charge is 0.296 e. The van der Waals surface area contributed by atoms with Gasteiger partial charge < -0.3 is 0 Å². The molecule has 1 heterocycles. The molecule has 1 aromatic carbocycles. The van der Waals surface area contributed by atoms with Crippen molar-refractivity contribution in [3.8, 4) is 0 Å². The third-order valence-electron chi connectivity index (χ3n) is 4.33. The standard InChI is InChI=1S/C16H18N2O/c19-16-17(8-9-18(16)15-6-7-15)11-12-4-5-13-2-1-3-14(13)10-12/h4-5,8-10,15H,1-3,6-7,11H2. The summed E-state index contributed by atoms with van der Waals surface area (Å²) in [6.07, 6.45) is 9.86. The largest absolute Gasteiger partial charge is 0.328 e. The molecule has 2 aliphatic carbocycles. The maximum atomic E-state index is 12.2. The first-order valence-corrected chi connectivity index (χ1v) is 7.19. The fraction of sp³-hybridized carbons (Fsp3) is 0.438. The minimum atomic E-state index is 0.142. The Morgan fingerprint density at radius 1 is 1.11 bits per heavy atom. The monoisotopic (exact) mass is 254 g/mol. The van der Waals surface area contributed by atoms with E-state index >= 15 is 0 Å². The van der Waals surface area contributed by atoms with Crippen LogP contribution in [0.5, 0.6) is 0 Å². The predicted octanol–water partition coefficient (Wildman–Crippen LogP) is 2.52. The van der Waals surface area contributed by atoms with Crippen LogP contribution in [0, 0.1) is 0 Å². The van der Waals surface area contributed by atoms with Crippen LogP contribution in [-0.2, 0) is 19.4 Å².